The first kappa shape index (κ1) is 20.1. The Morgan fingerprint density at radius 2 is 1.74 bits per heavy atom. The third-order valence-corrected chi connectivity index (χ3v) is 4.21. The summed E-state index contributed by atoms with van der Waals surface area (Å²) in [5.41, 5.74) is 0.0398. The van der Waals surface area contributed by atoms with E-state index in [0.717, 1.165) is 0 Å². The van der Waals surface area contributed by atoms with Gasteiger partial charge in [-0.1, -0.05) is 6.07 Å². The van der Waals surface area contributed by atoms with Crippen molar-refractivity contribution in [1.29, 1.82) is 0 Å². The number of nitrogens with zero attached hydrogens (tertiary/aromatic N) is 3. The Bertz CT molecular complexity index is 742. The molecule has 0 aliphatic carbocycles. The first-order valence-electron chi connectivity index (χ1n) is 8.45. The molecular formula is C17H21N3O7. The van der Waals surface area contributed by atoms with Crippen LogP contribution in [0.3, 0.4) is 0 Å². The zero-order valence-corrected chi connectivity index (χ0v) is 15.2. The van der Waals surface area contributed by atoms with Gasteiger partial charge in [0.2, 0.25) is 0 Å². The fourth-order valence-corrected chi connectivity index (χ4v) is 2.69. The number of carbonyl (C=O) groups is 3. The molecule has 1 aliphatic rings. The summed E-state index contributed by atoms with van der Waals surface area (Å²) in [5, 5.41) is 10.9. The molecule has 0 N–H and O–H groups in total. The third-order valence-electron chi connectivity index (χ3n) is 4.21. The summed E-state index contributed by atoms with van der Waals surface area (Å²) in [5.74, 6) is -1.19. The Balaban J connectivity index is 1.88. The first-order valence-corrected chi connectivity index (χ1v) is 8.45. The molecule has 1 aromatic rings. The number of ether oxygens (including phenoxy) is 2. The van der Waals surface area contributed by atoms with E-state index in [4.69, 9.17) is 9.47 Å². The van der Waals surface area contributed by atoms with Gasteiger partial charge in [0, 0.05) is 37.8 Å². The highest BCUT2D eigenvalue weighted by molar-refractivity contribution is 5.93. The molecule has 2 rings (SSSR count). The minimum absolute atomic E-state index is 0.0455. The van der Waals surface area contributed by atoms with E-state index in [1.807, 2.05) is 0 Å². The number of amides is 2. The summed E-state index contributed by atoms with van der Waals surface area (Å²) in [4.78, 5) is 49.3. The summed E-state index contributed by atoms with van der Waals surface area (Å²) >= 11 is 0. The summed E-state index contributed by atoms with van der Waals surface area (Å²) in [6.07, 6.45) is -0.419. The molecule has 1 aromatic carbocycles. The molecule has 0 spiro atoms. The van der Waals surface area contributed by atoms with Crippen molar-refractivity contribution in [3.05, 3.63) is 39.4 Å². The molecule has 0 saturated carbocycles. The van der Waals surface area contributed by atoms with E-state index >= 15 is 0 Å². The molecule has 0 atom stereocenters. The predicted molar refractivity (Wildman–Crippen MR) is 93.3 cm³/mol. The van der Waals surface area contributed by atoms with E-state index in [9.17, 15) is 24.5 Å². The number of rotatable bonds is 5. The smallest absolute Gasteiger partial charge is 0.409 e. The lowest BCUT2D eigenvalue weighted by Gasteiger charge is -2.33. The van der Waals surface area contributed by atoms with Gasteiger partial charge in [0.15, 0.2) is 6.61 Å². The molecule has 146 valence electrons. The van der Waals surface area contributed by atoms with E-state index in [0.29, 0.717) is 26.2 Å². The van der Waals surface area contributed by atoms with E-state index in [2.05, 4.69) is 0 Å². The third kappa shape index (κ3) is 4.93. The van der Waals surface area contributed by atoms with Crippen molar-refractivity contribution in [3.63, 3.8) is 0 Å². The Kier molecular flexibility index (Phi) is 6.69. The molecule has 1 heterocycles. The highest BCUT2D eigenvalue weighted by atomic mass is 16.6. The SMILES string of the molecule is CCOC(=O)N1CCN(C(=O)COC(=O)c2cccc([N+](=O)[O-])c2C)CC1. The number of hydrogen-bond donors (Lipinski definition) is 0. The van der Waals surface area contributed by atoms with Crippen molar-refractivity contribution in [2.45, 2.75) is 13.8 Å². The minimum Gasteiger partial charge on any atom is -0.452 e. The van der Waals surface area contributed by atoms with Gasteiger partial charge < -0.3 is 19.3 Å². The van der Waals surface area contributed by atoms with E-state index < -0.39 is 29.5 Å². The number of benzene rings is 1. The number of hydrogen-bond acceptors (Lipinski definition) is 7. The average Bonchev–Trinajstić information content (AvgIpc) is 2.66. The summed E-state index contributed by atoms with van der Waals surface area (Å²) in [7, 11) is 0. The Morgan fingerprint density at radius 1 is 1.11 bits per heavy atom. The fourth-order valence-electron chi connectivity index (χ4n) is 2.69. The highest BCUT2D eigenvalue weighted by Gasteiger charge is 2.26. The van der Waals surface area contributed by atoms with Gasteiger partial charge in [0.05, 0.1) is 17.1 Å². The number of esters is 1. The number of nitro groups is 1. The number of carbonyl (C=O) groups excluding carboxylic acids is 3. The second-order valence-electron chi connectivity index (χ2n) is 5.85. The second-order valence-corrected chi connectivity index (χ2v) is 5.85. The first-order chi connectivity index (χ1) is 12.8. The van der Waals surface area contributed by atoms with E-state index in [1.54, 1.807) is 6.92 Å². The lowest BCUT2D eigenvalue weighted by atomic mass is 10.1. The quantitative estimate of drug-likeness (QED) is 0.430. The summed E-state index contributed by atoms with van der Waals surface area (Å²) < 4.78 is 9.92. The van der Waals surface area contributed by atoms with E-state index in [1.165, 1.54) is 34.9 Å². The van der Waals surface area contributed by atoms with Gasteiger partial charge >= 0.3 is 12.1 Å². The Morgan fingerprint density at radius 3 is 2.33 bits per heavy atom. The Labute approximate surface area is 155 Å². The van der Waals surface area contributed by atoms with Crippen LogP contribution in [0.15, 0.2) is 18.2 Å². The molecule has 0 bridgehead atoms. The zero-order chi connectivity index (χ0) is 20.0. The van der Waals surface area contributed by atoms with Crippen LogP contribution >= 0.6 is 0 Å². The summed E-state index contributed by atoms with van der Waals surface area (Å²) in [6.45, 7) is 4.27. The van der Waals surface area contributed by atoms with Gasteiger partial charge in [-0.05, 0) is 19.9 Å². The largest absolute Gasteiger partial charge is 0.452 e. The average molecular weight is 379 g/mol. The zero-order valence-electron chi connectivity index (χ0n) is 15.2. The monoisotopic (exact) mass is 379 g/mol. The molecule has 0 unspecified atom stereocenters. The topological polar surface area (TPSA) is 119 Å². The van der Waals surface area contributed by atoms with Crippen molar-refractivity contribution in [1.82, 2.24) is 9.80 Å². The van der Waals surface area contributed by atoms with Crippen molar-refractivity contribution in [2.75, 3.05) is 39.4 Å². The lowest BCUT2D eigenvalue weighted by Crippen LogP contribution is -2.51. The summed E-state index contributed by atoms with van der Waals surface area (Å²) in [6, 6.07) is 4.09. The van der Waals surface area contributed by atoms with Crippen LogP contribution in [-0.4, -0.2) is 72.1 Å². The van der Waals surface area contributed by atoms with Crippen LogP contribution in [0.25, 0.3) is 0 Å². The molecule has 10 nitrogen and oxygen atoms in total. The van der Waals surface area contributed by atoms with Gasteiger partial charge in [-0.2, -0.15) is 0 Å². The minimum atomic E-state index is -0.797. The van der Waals surface area contributed by atoms with Crippen LogP contribution in [0.2, 0.25) is 0 Å². The van der Waals surface area contributed by atoms with Crippen LogP contribution in [0.5, 0.6) is 0 Å². The molecule has 2 amide bonds. The van der Waals surface area contributed by atoms with Crippen molar-refractivity contribution in [3.8, 4) is 0 Å². The maximum absolute atomic E-state index is 12.2. The lowest BCUT2D eigenvalue weighted by molar-refractivity contribution is -0.385. The molecule has 0 radical (unpaired) electrons. The molecule has 0 aromatic heterocycles. The molecule has 1 saturated heterocycles. The van der Waals surface area contributed by atoms with Crippen LogP contribution in [-0.2, 0) is 14.3 Å². The number of nitro benzene ring substituents is 1. The van der Waals surface area contributed by atoms with Gasteiger partial charge in [-0.3, -0.25) is 14.9 Å². The molecule has 27 heavy (non-hydrogen) atoms. The molecule has 1 aliphatic heterocycles. The normalized spacial score (nSPS) is 13.9. The van der Waals surface area contributed by atoms with E-state index in [-0.39, 0.29) is 23.4 Å². The molecule has 1 fully saturated rings. The van der Waals surface area contributed by atoms with Crippen LogP contribution < -0.4 is 0 Å². The van der Waals surface area contributed by atoms with Crippen LogP contribution in [0.1, 0.15) is 22.8 Å². The fraction of sp³-hybridized carbons (Fsp3) is 0.471. The highest BCUT2D eigenvalue weighted by Crippen LogP contribution is 2.21. The van der Waals surface area contributed by atoms with Crippen LogP contribution in [0.4, 0.5) is 10.5 Å². The number of piperazine rings is 1. The Hall–Kier alpha value is -3.17. The van der Waals surface area contributed by atoms with Crippen molar-refractivity contribution < 1.29 is 28.8 Å². The van der Waals surface area contributed by atoms with Crippen molar-refractivity contribution >= 4 is 23.7 Å². The molecular weight excluding hydrogens is 358 g/mol. The van der Waals surface area contributed by atoms with Crippen LogP contribution in [0, 0.1) is 17.0 Å². The maximum Gasteiger partial charge on any atom is 0.409 e. The molecule has 10 heteroatoms. The van der Waals surface area contributed by atoms with Gasteiger partial charge in [0.25, 0.3) is 11.6 Å². The second kappa shape index (κ2) is 8.97. The maximum atomic E-state index is 12.2. The predicted octanol–water partition coefficient (Wildman–Crippen LogP) is 1.36. The van der Waals surface area contributed by atoms with Gasteiger partial charge in [0.1, 0.15) is 0 Å². The van der Waals surface area contributed by atoms with Gasteiger partial charge in [-0.15, -0.1) is 0 Å². The standard InChI is InChI=1S/C17H21N3O7/c1-3-26-17(23)19-9-7-18(8-10-19)15(21)11-27-16(22)13-5-4-6-14(12(13)2)20(24)25/h4-6H,3,7-11H2,1-2H3. The van der Waals surface area contributed by atoms with Crippen molar-refractivity contribution in [2.24, 2.45) is 0 Å². The van der Waals surface area contributed by atoms with Gasteiger partial charge in [-0.25, -0.2) is 9.59 Å².